The number of nitro benzene ring substituents is 1. The van der Waals surface area contributed by atoms with Crippen molar-refractivity contribution in [3.8, 4) is 0 Å². The number of nitrogens with one attached hydrogen (secondary N) is 2. The summed E-state index contributed by atoms with van der Waals surface area (Å²) in [5.41, 5.74) is 1.50. The molecule has 0 bridgehead atoms. The molecular weight excluding hydrogens is 488 g/mol. The molecule has 188 valence electrons. The van der Waals surface area contributed by atoms with Gasteiger partial charge in [0.25, 0.3) is 5.69 Å². The Morgan fingerprint density at radius 2 is 1.75 bits per heavy atom. The van der Waals surface area contributed by atoms with Gasteiger partial charge < -0.3 is 20.6 Å². The normalized spacial score (nSPS) is 21.8. The summed E-state index contributed by atoms with van der Waals surface area (Å²) < 4.78 is -0.688. The van der Waals surface area contributed by atoms with Gasteiger partial charge in [-0.3, -0.25) is 24.5 Å². The fourth-order valence-corrected chi connectivity index (χ4v) is 6.08. The first-order valence-electron chi connectivity index (χ1n) is 11.1. The minimum atomic E-state index is -1.08. The van der Waals surface area contributed by atoms with Crippen molar-refractivity contribution in [2.75, 3.05) is 5.32 Å². The predicted molar refractivity (Wildman–Crippen MR) is 131 cm³/mol. The van der Waals surface area contributed by atoms with Crippen molar-refractivity contribution in [3.05, 3.63) is 69.8 Å². The Bertz CT molecular complexity index is 1250. The lowest BCUT2D eigenvalue weighted by molar-refractivity contribution is -0.384. The lowest BCUT2D eigenvalue weighted by Gasteiger charge is -2.43. The molecule has 4 rings (SSSR count). The van der Waals surface area contributed by atoms with Gasteiger partial charge in [0.15, 0.2) is 0 Å². The summed E-state index contributed by atoms with van der Waals surface area (Å²) in [5, 5.41) is 25.3. The molecule has 3 N–H and O–H groups in total. The summed E-state index contributed by atoms with van der Waals surface area (Å²) >= 11 is 1.34. The van der Waals surface area contributed by atoms with Gasteiger partial charge in [-0.25, -0.2) is 4.79 Å². The van der Waals surface area contributed by atoms with Crippen molar-refractivity contribution in [3.63, 3.8) is 0 Å². The molecular formula is C24H24N4O7S. The van der Waals surface area contributed by atoms with Crippen molar-refractivity contribution in [2.45, 2.75) is 48.9 Å². The number of carbonyl (C=O) groups excluding carboxylic acids is 3. The van der Waals surface area contributed by atoms with E-state index in [1.54, 1.807) is 38.1 Å². The third-order valence-electron chi connectivity index (χ3n) is 6.15. The highest BCUT2D eigenvalue weighted by molar-refractivity contribution is 8.01. The SMILES string of the molecule is CC1(C)S[C@@H]2C(NC(=O)Cc3ccccc3NC(=O)Cc3ccc([N+](=O)[O-])cc3)C(=O)N2[C@H]1C(=O)O. The molecule has 36 heavy (non-hydrogen) atoms. The molecule has 0 radical (unpaired) electrons. The van der Waals surface area contributed by atoms with Crippen LogP contribution in [0.4, 0.5) is 11.4 Å². The number of aliphatic carboxylic acids is 1. The van der Waals surface area contributed by atoms with E-state index < -0.39 is 44.9 Å². The van der Waals surface area contributed by atoms with Crippen LogP contribution in [-0.4, -0.2) is 60.8 Å². The number of amides is 3. The Morgan fingerprint density at radius 1 is 1.08 bits per heavy atom. The summed E-state index contributed by atoms with van der Waals surface area (Å²) in [4.78, 5) is 61.1. The van der Waals surface area contributed by atoms with E-state index in [4.69, 9.17) is 0 Å². The number of non-ortho nitro benzene ring substituents is 1. The van der Waals surface area contributed by atoms with Crippen molar-refractivity contribution in [1.82, 2.24) is 10.2 Å². The van der Waals surface area contributed by atoms with E-state index in [0.29, 0.717) is 16.8 Å². The zero-order valence-electron chi connectivity index (χ0n) is 19.5. The molecule has 0 aromatic heterocycles. The topological polar surface area (TPSA) is 159 Å². The van der Waals surface area contributed by atoms with E-state index in [0.717, 1.165) is 0 Å². The monoisotopic (exact) mass is 512 g/mol. The Kier molecular flexibility index (Phi) is 6.72. The number of carboxylic acid groups (broad SMARTS) is 1. The lowest BCUT2D eigenvalue weighted by Crippen LogP contribution is -2.70. The quantitative estimate of drug-likeness (QED) is 0.275. The lowest BCUT2D eigenvalue weighted by atomic mass is 9.96. The van der Waals surface area contributed by atoms with Gasteiger partial charge in [0.2, 0.25) is 17.7 Å². The zero-order valence-corrected chi connectivity index (χ0v) is 20.3. The first-order valence-corrected chi connectivity index (χ1v) is 12.0. The summed E-state index contributed by atoms with van der Waals surface area (Å²) in [6.07, 6.45) is -0.106. The van der Waals surface area contributed by atoms with Gasteiger partial charge in [-0.1, -0.05) is 30.3 Å². The van der Waals surface area contributed by atoms with Crippen LogP contribution >= 0.6 is 11.8 Å². The number of hydrogen-bond donors (Lipinski definition) is 3. The molecule has 2 fully saturated rings. The standard InChI is InChI=1S/C24H24N4O7S/c1-24(2)20(23(32)33)27-21(31)19(22(27)36-24)26-18(30)12-14-5-3-4-6-16(14)25-17(29)11-13-7-9-15(10-8-13)28(34)35/h3-10,19-20,22H,11-12H2,1-2H3,(H,25,29)(H,26,30)(H,32,33)/t19?,20-,22+/m0/s1. The molecule has 1 unspecified atom stereocenters. The van der Waals surface area contributed by atoms with Crippen molar-refractivity contribution < 1.29 is 29.2 Å². The molecule has 3 amide bonds. The maximum atomic E-state index is 12.8. The first-order chi connectivity index (χ1) is 17.0. The maximum absolute atomic E-state index is 12.8. The van der Waals surface area contributed by atoms with Crippen LogP contribution in [0.5, 0.6) is 0 Å². The highest BCUT2D eigenvalue weighted by Gasteiger charge is 2.64. The van der Waals surface area contributed by atoms with Crippen LogP contribution in [-0.2, 0) is 32.0 Å². The highest BCUT2D eigenvalue weighted by atomic mass is 32.2. The average Bonchev–Trinajstić information content (AvgIpc) is 3.07. The Hall–Kier alpha value is -3.93. The van der Waals surface area contributed by atoms with Crippen LogP contribution in [0.1, 0.15) is 25.0 Å². The van der Waals surface area contributed by atoms with Gasteiger partial charge in [-0.05, 0) is 31.0 Å². The van der Waals surface area contributed by atoms with Gasteiger partial charge in [-0.2, -0.15) is 0 Å². The van der Waals surface area contributed by atoms with Gasteiger partial charge in [-0.15, -0.1) is 11.8 Å². The minimum Gasteiger partial charge on any atom is -0.480 e. The molecule has 2 aliphatic heterocycles. The second-order valence-corrected chi connectivity index (χ2v) is 10.9. The van der Waals surface area contributed by atoms with Gasteiger partial charge in [0.05, 0.1) is 17.8 Å². The van der Waals surface area contributed by atoms with Gasteiger partial charge in [0.1, 0.15) is 17.5 Å². The smallest absolute Gasteiger partial charge is 0.327 e. The Morgan fingerprint density at radius 3 is 2.39 bits per heavy atom. The Labute approximate surface area is 210 Å². The van der Waals surface area contributed by atoms with E-state index in [1.807, 2.05) is 0 Å². The summed E-state index contributed by atoms with van der Waals surface area (Å²) in [6, 6.07) is 10.7. The molecule has 2 aliphatic rings. The van der Waals surface area contributed by atoms with Crippen LogP contribution < -0.4 is 10.6 Å². The van der Waals surface area contributed by atoms with Crippen LogP contribution in [0.2, 0.25) is 0 Å². The number of β-lactam (4-membered cyclic amide) rings is 1. The number of benzene rings is 2. The molecule has 2 heterocycles. The number of nitro groups is 1. The average molecular weight is 513 g/mol. The number of fused-ring (bicyclic) bond motifs is 1. The number of para-hydroxylation sites is 1. The van der Waals surface area contributed by atoms with Gasteiger partial charge in [0, 0.05) is 22.6 Å². The first kappa shape index (κ1) is 25.2. The van der Waals surface area contributed by atoms with E-state index in [-0.39, 0.29) is 24.4 Å². The highest BCUT2D eigenvalue weighted by Crippen LogP contribution is 2.50. The number of anilines is 1. The summed E-state index contributed by atoms with van der Waals surface area (Å²) in [7, 11) is 0. The van der Waals surface area contributed by atoms with E-state index >= 15 is 0 Å². The van der Waals surface area contributed by atoms with E-state index in [1.165, 1.54) is 40.9 Å². The Balaban J connectivity index is 1.37. The molecule has 2 aromatic carbocycles. The van der Waals surface area contributed by atoms with Crippen LogP contribution in [0, 0.1) is 10.1 Å². The second kappa shape index (κ2) is 9.61. The summed E-state index contributed by atoms with van der Waals surface area (Å²) in [5.74, 6) is -2.29. The molecule has 0 aliphatic carbocycles. The van der Waals surface area contributed by atoms with Crippen molar-refractivity contribution in [2.24, 2.45) is 0 Å². The maximum Gasteiger partial charge on any atom is 0.327 e. The third kappa shape index (κ3) is 4.89. The fourth-order valence-electron chi connectivity index (χ4n) is 4.45. The van der Waals surface area contributed by atoms with E-state index in [2.05, 4.69) is 10.6 Å². The fraction of sp³-hybridized carbons (Fsp3) is 0.333. The molecule has 2 saturated heterocycles. The zero-order chi connectivity index (χ0) is 26.2. The van der Waals surface area contributed by atoms with Gasteiger partial charge >= 0.3 is 5.97 Å². The van der Waals surface area contributed by atoms with Crippen molar-refractivity contribution in [1.29, 1.82) is 0 Å². The number of carboxylic acids is 1. The number of thioether (sulfide) groups is 1. The van der Waals surface area contributed by atoms with Crippen LogP contribution in [0.15, 0.2) is 48.5 Å². The minimum absolute atomic E-state index is 0.00956. The second-order valence-electron chi connectivity index (χ2n) is 9.13. The number of nitrogens with zero attached hydrogens (tertiary/aromatic N) is 2. The number of rotatable bonds is 8. The molecule has 2 aromatic rings. The number of hydrogen-bond acceptors (Lipinski definition) is 7. The largest absolute Gasteiger partial charge is 0.480 e. The molecule has 0 spiro atoms. The molecule has 0 saturated carbocycles. The van der Waals surface area contributed by atoms with E-state index in [9.17, 15) is 34.4 Å². The predicted octanol–water partition coefficient (Wildman–Crippen LogP) is 1.95. The third-order valence-corrected chi connectivity index (χ3v) is 7.72. The van der Waals surface area contributed by atoms with Crippen LogP contribution in [0.3, 0.4) is 0 Å². The molecule has 12 heteroatoms. The molecule has 3 atom stereocenters. The molecule has 11 nitrogen and oxygen atoms in total. The van der Waals surface area contributed by atoms with Crippen molar-refractivity contribution >= 4 is 46.8 Å². The van der Waals surface area contributed by atoms with Crippen LogP contribution in [0.25, 0.3) is 0 Å². The number of carbonyl (C=O) groups is 4. The summed E-state index contributed by atoms with van der Waals surface area (Å²) in [6.45, 7) is 3.52.